The van der Waals surface area contributed by atoms with Gasteiger partial charge < -0.3 is 14.8 Å². The maximum atomic E-state index is 9.39. The van der Waals surface area contributed by atoms with E-state index in [9.17, 15) is 10.2 Å². The number of hydrogen-bond donors (Lipinski definition) is 3. The molecule has 13 heavy (non-hydrogen) atoms. The van der Waals surface area contributed by atoms with Crippen molar-refractivity contribution in [2.24, 2.45) is 0 Å². The molecule has 1 saturated carbocycles. The molecule has 0 saturated heterocycles. The van der Waals surface area contributed by atoms with Crippen molar-refractivity contribution in [2.45, 2.75) is 25.0 Å². The summed E-state index contributed by atoms with van der Waals surface area (Å²) >= 11 is 0. The molecular weight excluding hydrogens is 168 g/mol. The lowest BCUT2D eigenvalue weighted by Crippen LogP contribution is -2.38. The van der Waals surface area contributed by atoms with Gasteiger partial charge in [0, 0.05) is 6.20 Å². The second kappa shape index (κ2) is 2.88. The van der Waals surface area contributed by atoms with Gasteiger partial charge in [-0.3, -0.25) is 5.41 Å². The number of nitrogens with zero attached hydrogens (tertiary/aromatic N) is 1. The number of aliphatic hydroxyl groups excluding tert-OH is 1. The Kier molecular flexibility index (Phi) is 1.84. The van der Waals surface area contributed by atoms with Crippen molar-refractivity contribution >= 4 is 0 Å². The summed E-state index contributed by atoms with van der Waals surface area (Å²) in [6, 6.07) is 3.13. The lowest BCUT2D eigenvalue weighted by molar-refractivity contribution is 0.0288. The molecule has 1 aromatic heterocycles. The highest BCUT2D eigenvalue weighted by Gasteiger charge is 2.30. The van der Waals surface area contributed by atoms with E-state index in [1.807, 2.05) is 0 Å². The van der Waals surface area contributed by atoms with Crippen molar-refractivity contribution in [1.82, 2.24) is 4.57 Å². The van der Waals surface area contributed by atoms with Crippen molar-refractivity contribution in [3.8, 4) is 5.75 Å². The normalized spacial score (nSPS) is 26.8. The van der Waals surface area contributed by atoms with Crippen LogP contribution in [0, 0.1) is 5.41 Å². The Morgan fingerprint density at radius 1 is 1.46 bits per heavy atom. The number of aromatic nitrogens is 1. The van der Waals surface area contributed by atoms with Crippen molar-refractivity contribution in [3.63, 3.8) is 0 Å². The molecule has 0 radical (unpaired) electrons. The van der Waals surface area contributed by atoms with Crippen LogP contribution in [0.25, 0.3) is 0 Å². The van der Waals surface area contributed by atoms with Crippen LogP contribution in [0.15, 0.2) is 18.3 Å². The summed E-state index contributed by atoms with van der Waals surface area (Å²) in [5, 5.41) is 26.2. The highest BCUT2D eigenvalue weighted by atomic mass is 16.3. The van der Waals surface area contributed by atoms with Gasteiger partial charge in [-0.25, -0.2) is 0 Å². The van der Waals surface area contributed by atoms with Gasteiger partial charge in [0.05, 0.1) is 12.1 Å². The standard InChI is InChI=1S/C9H12N2O2/c10-9-8(13)2-1-5-11(9)6-3-4-7(6)12/h1-2,5-7,10,12-13H,3-4H2/t6-,7-/m1/s1. The molecule has 0 amide bonds. The Hall–Kier alpha value is -1.29. The topological polar surface area (TPSA) is 69.2 Å². The molecule has 1 aromatic rings. The third kappa shape index (κ3) is 1.23. The van der Waals surface area contributed by atoms with Crippen molar-refractivity contribution in [3.05, 3.63) is 23.8 Å². The fourth-order valence-electron chi connectivity index (χ4n) is 1.58. The molecule has 0 aromatic carbocycles. The maximum absolute atomic E-state index is 9.39. The van der Waals surface area contributed by atoms with Crippen LogP contribution in [-0.2, 0) is 0 Å². The molecule has 2 atom stereocenters. The number of aromatic hydroxyl groups is 1. The van der Waals surface area contributed by atoms with Gasteiger partial charge in [-0.15, -0.1) is 0 Å². The quantitative estimate of drug-likeness (QED) is 0.584. The smallest absolute Gasteiger partial charge is 0.168 e. The van der Waals surface area contributed by atoms with Crippen molar-refractivity contribution in [1.29, 1.82) is 5.41 Å². The Labute approximate surface area is 75.6 Å². The zero-order valence-electron chi connectivity index (χ0n) is 7.14. The van der Waals surface area contributed by atoms with Crippen LogP contribution in [-0.4, -0.2) is 20.9 Å². The zero-order chi connectivity index (χ0) is 9.42. The van der Waals surface area contributed by atoms with Gasteiger partial charge in [0.1, 0.15) is 0 Å². The summed E-state index contributed by atoms with van der Waals surface area (Å²) < 4.78 is 1.61. The van der Waals surface area contributed by atoms with E-state index in [2.05, 4.69) is 0 Å². The first kappa shape index (κ1) is 8.31. The molecule has 0 spiro atoms. The largest absolute Gasteiger partial charge is 0.504 e. The minimum absolute atomic E-state index is 0.0281. The lowest BCUT2D eigenvalue weighted by atomic mass is 9.89. The number of nitrogens with one attached hydrogen (secondary N) is 1. The van der Waals surface area contributed by atoms with E-state index in [1.54, 1.807) is 16.8 Å². The van der Waals surface area contributed by atoms with Gasteiger partial charge in [-0.05, 0) is 25.0 Å². The average Bonchev–Trinajstić information content (AvgIpc) is 2.10. The van der Waals surface area contributed by atoms with Crippen LogP contribution in [0.5, 0.6) is 5.75 Å². The number of rotatable bonds is 1. The molecule has 1 aliphatic carbocycles. The summed E-state index contributed by atoms with van der Waals surface area (Å²) in [5.74, 6) is -0.0402. The van der Waals surface area contributed by atoms with Gasteiger partial charge >= 0.3 is 0 Å². The predicted octanol–water partition coefficient (Wildman–Crippen LogP) is 0.369. The van der Waals surface area contributed by atoms with Crippen LogP contribution in [0.4, 0.5) is 0 Å². The summed E-state index contributed by atoms with van der Waals surface area (Å²) in [6.45, 7) is 0. The molecule has 0 bridgehead atoms. The molecule has 0 aliphatic heterocycles. The lowest BCUT2D eigenvalue weighted by Gasteiger charge is -2.34. The van der Waals surface area contributed by atoms with Crippen LogP contribution in [0.3, 0.4) is 0 Å². The van der Waals surface area contributed by atoms with Gasteiger partial charge in [-0.2, -0.15) is 0 Å². The Morgan fingerprint density at radius 3 is 2.77 bits per heavy atom. The third-order valence-corrected chi connectivity index (χ3v) is 2.56. The number of hydrogen-bond acceptors (Lipinski definition) is 3. The molecule has 4 heteroatoms. The van der Waals surface area contributed by atoms with Crippen LogP contribution >= 0.6 is 0 Å². The van der Waals surface area contributed by atoms with E-state index in [-0.39, 0.29) is 23.4 Å². The number of aliphatic hydroxyl groups is 1. The molecule has 1 aliphatic rings. The van der Waals surface area contributed by atoms with Crippen LogP contribution in [0.2, 0.25) is 0 Å². The third-order valence-electron chi connectivity index (χ3n) is 2.56. The first-order chi connectivity index (χ1) is 6.20. The van der Waals surface area contributed by atoms with Gasteiger partial charge in [0.25, 0.3) is 0 Å². The summed E-state index contributed by atoms with van der Waals surface area (Å²) in [4.78, 5) is 0. The fourth-order valence-corrected chi connectivity index (χ4v) is 1.58. The highest BCUT2D eigenvalue weighted by molar-refractivity contribution is 5.14. The Bertz CT molecular complexity index is 372. The Morgan fingerprint density at radius 2 is 2.23 bits per heavy atom. The molecule has 3 N–H and O–H groups in total. The van der Waals surface area contributed by atoms with E-state index in [1.165, 1.54) is 6.07 Å². The second-order valence-corrected chi connectivity index (χ2v) is 3.36. The van der Waals surface area contributed by atoms with Crippen molar-refractivity contribution in [2.75, 3.05) is 0 Å². The summed E-state index contributed by atoms with van der Waals surface area (Å²) in [5.41, 5.74) is 0.0752. The minimum Gasteiger partial charge on any atom is -0.504 e. The minimum atomic E-state index is -0.365. The van der Waals surface area contributed by atoms with Gasteiger partial charge in [0.15, 0.2) is 11.2 Å². The average molecular weight is 180 g/mol. The SMILES string of the molecule is N=c1c(O)cccn1[C@@H]1CC[C@H]1O. The number of pyridine rings is 1. The molecule has 4 nitrogen and oxygen atoms in total. The molecule has 0 unspecified atom stereocenters. The Balaban J connectivity index is 2.40. The molecule has 1 fully saturated rings. The zero-order valence-corrected chi connectivity index (χ0v) is 7.14. The predicted molar refractivity (Wildman–Crippen MR) is 46.2 cm³/mol. The first-order valence-corrected chi connectivity index (χ1v) is 4.33. The van der Waals surface area contributed by atoms with Crippen LogP contribution < -0.4 is 5.49 Å². The van der Waals surface area contributed by atoms with E-state index in [0.717, 1.165) is 12.8 Å². The first-order valence-electron chi connectivity index (χ1n) is 4.33. The van der Waals surface area contributed by atoms with E-state index in [0.29, 0.717) is 0 Å². The van der Waals surface area contributed by atoms with Gasteiger partial charge in [0.2, 0.25) is 0 Å². The highest BCUT2D eigenvalue weighted by Crippen LogP contribution is 2.30. The van der Waals surface area contributed by atoms with E-state index in [4.69, 9.17) is 5.41 Å². The van der Waals surface area contributed by atoms with Gasteiger partial charge in [-0.1, -0.05) is 0 Å². The van der Waals surface area contributed by atoms with E-state index < -0.39 is 0 Å². The summed E-state index contributed by atoms with van der Waals surface area (Å²) in [7, 11) is 0. The fraction of sp³-hybridized carbons (Fsp3) is 0.444. The molecule has 70 valence electrons. The summed E-state index contributed by atoms with van der Waals surface area (Å²) in [6.07, 6.45) is 3.01. The van der Waals surface area contributed by atoms with E-state index >= 15 is 0 Å². The second-order valence-electron chi connectivity index (χ2n) is 3.36. The molecule has 1 heterocycles. The molecule has 2 rings (SSSR count). The maximum Gasteiger partial charge on any atom is 0.168 e. The monoisotopic (exact) mass is 180 g/mol. The van der Waals surface area contributed by atoms with Crippen LogP contribution in [0.1, 0.15) is 18.9 Å². The van der Waals surface area contributed by atoms with Crippen molar-refractivity contribution < 1.29 is 10.2 Å². The molecular formula is C9H12N2O2.